The number of aryl methyl sites for hydroxylation is 2. The number of hydrogen-bond acceptors (Lipinski definition) is 5. The third-order valence-corrected chi connectivity index (χ3v) is 7.18. The van der Waals surface area contributed by atoms with Gasteiger partial charge in [-0.3, -0.25) is 4.79 Å². The predicted octanol–water partition coefficient (Wildman–Crippen LogP) is 2.80. The van der Waals surface area contributed by atoms with Crippen molar-refractivity contribution in [2.24, 2.45) is 5.92 Å². The number of sulfonamides is 1. The van der Waals surface area contributed by atoms with Crippen molar-refractivity contribution >= 4 is 32.4 Å². The van der Waals surface area contributed by atoms with Gasteiger partial charge in [0.25, 0.3) is 0 Å². The third-order valence-electron chi connectivity index (χ3n) is 4.45. The van der Waals surface area contributed by atoms with Crippen LogP contribution in [0.5, 0.6) is 0 Å². The maximum atomic E-state index is 12.9. The maximum absolute atomic E-state index is 12.9. The van der Waals surface area contributed by atoms with Crippen LogP contribution in [0, 0.1) is 19.8 Å². The Morgan fingerprint density at radius 3 is 2.64 bits per heavy atom. The second-order valence-electron chi connectivity index (χ2n) is 6.27. The standard InChI is InChI=1S/C17H21N3O3S2/c1-12-3-4-13(2)15(11-12)25(22,23)20-8-5-14(6-9-20)16(21)19-17-18-7-10-24-17/h3-4,7,10-11,14H,5-6,8-9H2,1-2H3,(H,18,19,21). The van der Waals surface area contributed by atoms with Gasteiger partial charge in [-0.25, -0.2) is 13.4 Å². The Balaban J connectivity index is 1.67. The van der Waals surface area contributed by atoms with Crippen molar-refractivity contribution < 1.29 is 13.2 Å². The summed E-state index contributed by atoms with van der Waals surface area (Å²) in [5.74, 6) is -0.271. The molecule has 0 aliphatic carbocycles. The zero-order chi connectivity index (χ0) is 18.0. The average molecular weight is 380 g/mol. The van der Waals surface area contributed by atoms with Gasteiger partial charge in [0, 0.05) is 30.6 Å². The molecule has 0 radical (unpaired) electrons. The Bertz CT molecular complexity index is 855. The first-order valence-electron chi connectivity index (χ1n) is 8.15. The van der Waals surface area contributed by atoms with E-state index in [-0.39, 0.29) is 11.8 Å². The van der Waals surface area contributed by atoms with Crippen molar-refractivity contribution in [1.29, 1.82) is 0 Å². The number of nitrogens with zero attached hydrogens (tertiary/aromatic N) is 2. The molecule has 1 amide bonds. The highest BCUT2D eigenvalue weighted by Gasteiger charge is 2.33. The predicted molar refractivity (Wildman–Crippen MR) is 98.1 cm³/mol. The zero-order valence-electron chi connectivity index (χ0n) is 14.2. The molecular weight excluding hydrogens is 358 g/mol. The normalized spacial score (nSPS) is 16.7. The molecule has 1 aliphatic heterocycles. The number of thiazole rings is 1. The molecule has 6 nitrogen and oxygen atoms in total. The number of amides is 1. The molecule has 0 bridgehead atoms. The molecule has 25 heavy (non-hydrogen) atoms. The summed E-state index contributed by atoms with van der Waals surface area (Å²) in [5, 5.41) is 5.17. The first-order chi connectivity index (χ1) is 11.9. The molecule has 0 atom stereocenters. The number of piperidine rings is 1. The first-order valence-corrected chi connectivity index (χ1v) is 10.5. The number of benzene rings is 1. The molecule has 134 valence electrons. The Hall–Kier alpha value is -1.77. The molecule has 2 aromatic rings. The van der Waals surface area contributed by atoms with Gasteiger partial charge < -0.3 is 5.32 Å². The lowest BCUT2D eigenvalue weighted by atomic mass is 9.97. The fourth-order valence-electron chi connectivity index (χ4n) is 2.98. The second-order valence-corrected chi connectivity index (χ2v) is 9.07. The molecule has 2 heterocycles. The number of carbonyl (C=O) groups is 1. The highest BCUT2D eigenvalue weighted by molar-refractivity contribution is 7.89. The molecule has 1 fully saturated rings. The molecule has 3 rings (SSSR count). The van der Waals surface area contributed by atoms with Crippen LogP contribution in [0.3, 0.4) is 0 Å². The van der Waals surface area contributed by atoms with Gasteiger partial charge in [0.1, 0.15) is 0 Å². The van der Waals surface area contributed by atoms with Crippen molar-refractivity contribution in [3.8, 4) is 0 Å². The van der Waals surface area contributed by atoms with E-state index in [4.69, 9.17) is 0 Å². The first kappa shape index (κ1) is 18.0. The maximum Gasteiger partial charge on any atom is 0.243 e. The summed E-state index contributed by atoms with van der Waals surface area (Å²) in [6.07, 6.45) is 2.67. The highest BCUT2D eigenvalue weighted by Crippen LogP contribution is 2.27. The van der Waals surface area contributed by atoms with E-state index in [2.05, 4.69) is 10.3 Å². The summed E-state index contributed by atoms with van der Waals surface area (Å²) >= 11 is 1.37. The minimum atomic E-state index is -3.52. The Kier molecular flexibility index (Phi) is 5.21. The molecule has 1 aromatic heterocycles. The smallest absolute Gasteiger partial charge is 0.243 e. The number of carbonyl (C=O) groups excluding carboxylic acids is 1. The molecule has 1 aliphatic rings. The van der Waals surface area contributed by atoms with Gasteiger partial charge >= 0.3 is 0 Å². The van der Waals surface area contributed by atoms with Gasteiger partial charge in [-0.1, -0.05) is 12.1 Å². The van der Waals surface area contributed by atoms with Crippen molar-refractivity contribution in [3.05, 3.63) is 40.9 Å². The van der Waals surface area contributed by atoms with E-state index in [1.807, 2.05) is 19.1 Å². The Morgan fingerprint density at radius 2 is 2.00 bits per heavy atom. The van der Waals surface area contributed by atoms with Gasteiger partial charge in [-0.2, -0.15) is 4.31 Å². The van der Waals surface area contributed by atoms with Crippen molar-refractivity contribution in [2.75, 3.05) is 18.4 Å². The van der Waals surface area contributed by atoms with Gasteiger partial charge in [0.05, 0.1) is 4.90 Å². The van der Waals surface area contributed by atoms with Crippen molar-refractivity contribution in [2.45, 2.75) is 31.6 Å². The van der Waals surface area contributed by atoms with E-state index in [9.17, 15) is 13.2 Å². The molecular formula is C17H21N3O3S2. The van der Waals surface area contributed by atoms with E-state index in [0.29, 0.717) is 36.0 Å². The van der Waals surface area contributed by atoms with Crippen LogP contribution < -0.4 is 5.32 Å². The summed E-state index contributed by atoms with van der Waals surface area (Å²) in [6, 6.07) is 5.45. The summed E-state index contributed by atoms with van der Waals surface area (Å²) < 4.78 is 27.3. The number of aromatic nitrogens is 1. The second kappa shape index (κ2) is 7.23. The van der Waals surface area contributed by atoms with Crippen LogP contribution in [0.25, 0.3) is 0 Å². The lowest BCUT2D eigenvalue weighted by Crippen LogP contribution is -2.41. The summed E-state index contributed by atoms with van der Waals surface area (Å²) in [7, 11) is -3.52. The van der Waals surface area contributed by atoms with Crippen molar-refractivity contribution in [1.82, 2.24) is 9.29 Å². The molecule has 0 saturated carbocycles. The molecule has 1 aromatic carbocycles. The van der Waals surface area contributed by atoms with Gasteiger partial charge in [0.15, 0.2) is 5.13 Å². The summed E-state index contributed by atoms with van der Waals surface area (Å²) in [4.78, 5) is 16.7. The van der Waals surface area contributed by atoms with E-state index < -0.39 is 10.0 Å². The van der Waals surface area contributed by atoms with E-state index >= 15 is 0 Å². The van der Waals surface area contributed by atoms with Gasteiger partial charge in [-0.15, -0.1) is 11.3 Å². The molecule has 1 N–H and O–H groups in total. The van der Waals surface area contributed by atoms with E-state index in [1.54, 1.807) is 24.6 Å². The number of hydrogen-bond donors (Lipinski definition) is 1. The van der Waals surface area contributed by atoms with Gasteiger partial charge in [-0.05, 0) is 43.9 Å². The lowest BCUT2D eigenvalue weighted by Gasteiger charge is -2.30. The fraction of sp³-hybridized carbons (Fsp3) is 0.412. The fourth-order valence-corrected chi connectivity index (χ4v) is 5.29. The van der Waals surface area contributed by atoms with E-state index in [0.717, 1.165) is 11.1 Å². The number of rotatable bonds is 4. The minimum Gasteiger partial charge on any atom is -0.302 e. The third kappa shape index (κ3) is 3.91. The lowest BCUT2D eigenvalue weighted by molar-refractivity contribution is -0.120. The number of nitrogens with one attached hydrogen (secondary N) is 1. The molecule has 1 saturated heterocycles. The van der Waals surface area contributed by atoms with Gasteiger partial charge in [0.2, 0.25) is 15.9 Å². The highest BCUT2D eigenvalue weighted by atomic mass is 32.2. The molecule has 0 unspecified atom stereocenters. The van der Waals surface area contributed by atoms with Crippen LogP contribution >= 0.6 is 11.3 Å². The zero-order valence-corrected chi connectivity index (χ0v) is 15.9. The largest absolute Gasteiger partial charge is 0.302 e. The topological polar surface area (TPSA) is 79.4 Å². The van der Waals surface area contributed by atoms with Crippen molar-refractivity contribution in [3.63, 3.8) is 0 Å². The summed E-state index contributed by atoms with van der Waals surface area (Å²) in [5.41, 5.74) is 1.66. The van der Waals surface area contributed by atoms with E-state index in [1.165, 1.54) is 15.6 Å². The number of anilines is 1. The average Bonchev–Trinajstić information content (AvgIpc) is 3.10. The quantitative estimate of drug-likeness (QED) is 0.886. The van der Waals surface area contributed by atoms with Crippen LogP contribution in [-0.4, -0.2) is 36.7 Å². The van der Waals surface area contributed by atoms with Crippen LogP contribution in [0.15, 0.2) is 34.7 Å². The SMILES string of the molecule is Cc1ccc(C)c(S(=O)(=O)N2CCC(C(=O)Nc3nccs3)CC2)c1. The Labute approximate surface area is 151 Å². The monoisotopic (exact) mass is 379 g/mol. The van der Waals surface area contributed by atoms with Crippen LogP contribution in [0.1, 0.15) is 24.0 Å². The summed E-state index contributed by atoms with van der Waals surface area (Å²) in [6.45, 7) is 4.39. The Morgan fingerprint density at radius 1 is 1.28 bits per heavy atom. The van der Waals surface area contributed by atoms with Crippen LogP contribution in [0.2, 0.25) is 0 Å². The molecule has 8 heteroatoms. The molecule has 0 spiro atoms. The minimum absolute atomic E-state index is 0.0845. The van der Waals surface area contributed by atoms with Crippen LogP contribution in [0.4, 0.5) is 5.13 Å². The van der Waals surface area contributed by atoms with Crippen LogP contribution in [-0.2, 0) is 14.8 Å².